The summed E-state index contributed by atoms with van der Waals surface area (Å²) in [4.78, 5) is 25.6. The van der Waals surface area contributed by atoms with E-state index in [0.29, 0.717) is 32.9 Å². The Morgan fingerprint density at radius 1 is 0.966 bits per heavy atom. The van der Waals surface area contributed by atoms with Crippen LogP contribution in [-0.2, 0) is 14.1 Å². The van der Waals surface area contributed by atoms with E-state index in [4.69, 9.17) is 17.3 Å². The fraction of sp³-hybridized carbons (Fsp3) is 0.182. The number of halogens is 1. The van der Waals surface area contributed by atoms with Crippen molar-refractivity contribution in [2.24, 2.45) is 14.1 Å². The Kier molecular flexibility index (Phi) is 4.39. The van der Waals surface area contributed by atoms with Gasteiger partial charge >= 0.3 is 5.69 Å². The maximum atomic E-state index is 13.1. The summed E-state index contributed by atoms with van der Waals surface area (Å²) in [6, 6.07) is 11.2. The van der Waals surface area contributed by atoms with E-state index in [1.165, 1.54) is 11.6 Å². The molecule has 2 N–H and O–H groups in total. The van der Waals surface area contributed by atoms with Crippen molar-refractivity contribution < 1.29 is 0 Å². The van der Waals surface area contributed by atoms with Gasteiger partial charge in [-0.1, -0.05) is 29.8 Å². The molecule has 2 aromatic carbocycles. The minimum Gasteiger partial charge on any atom is -0.397 e. The molecule has 29 heavy (non-hydrogen) atoms. The molecule has 0 bridgehead atoms. The van der Waals surface area contributed by atoms with Gasteiger partial charge in [-0.25, -0.2) is 4.79 Å². The van der Waals surface area contributed by atoms with E-state index < -0.39 is 5.69 Å². The second-order valence-electron chi connectivity index (χ2n) is 7.29. The zero-order valence-corrected chi connectivity index (χ0v) is 17.4. The summed E-state index contributed by atoms with van der Waals surface area (Å²) in [6.45, 7) is 4.00. The topological polar surface area (TPSA) is 74.9 Å². The van der Waals surface area contributed by atoms with Gasteiger partial charge in [-0.05, 0) is 43.2 Å². The summed E-state index contributed by atoms with van der Waals surface area (Å²) in [6.07, 6.45) is 1.78. The Balaban J connectivity index is 2.27. The molecule has 0 unspecified atom stereocenters. The fourth-order valence-electron chi connectivity index (χ4n) is 3.68. The maximum Gasteiger partial charge on any atom is 0.330 e. The van der Waals surface area contributed by atoms with Gasteiger partial charge < -0.3 is 10.3 Å². The van der Waals surface area contributed by atoms with Gasteiger partial charge in [-0.2, -0.15) is 0 Å². The number of anilines is 1. The normalized spacial score (nSPS) is 11.3. The van der Waals surface area contributed by atoms with Crippen molar-refractivity contribution in [3.63, 3.8) is 0 Å². The Hall–Kier alpha value is -3.25. The molecule has 0 radical (unpaired) electrons. The lowest BCUT2D eigenvalue weighted by molar-refractivity contribution is 0.714. The summed E-state index contributed by atoms with van der Waals surface area (Å²) in [5.74, 6) is 0. The van der Waals surface area contributed by atoms with E-state index in [2.05, 4.69) is 0 Å². The molecule has 0 aliphatic heterocycles. The molecule has 0 amide bonds. The van der Waals surface area contributed by atoms with Crippen LogP contribution in [0.2, 0.25) is 5.02 Å². The van der Waals surface area contributed by atoms with Crippen molar-refractivity contribution in [1.29, 1.82) is 0 Å². The second-order valence-corrected chi connectivity index (χ2v) is 7.70. The van der Waals surface area contributed by atoms with Crippen LogP contribution in [0.4, 0.5) is 5.69 Å². The smallest absolute Gasteiger partial charge is 0.330 e. The van der Waals surface area contributed by atoms with Gasteiger partial charge in [0.05, 0.1) is 28.0 Å². The average molecular weight is 409 g/mol. The quantitative estimate of drug-likeness (QED) is 0.515. The third-order valence-corrected chi connectivity index (χ3v) is 5.80. The van der Waals surface area contributed by atoms with Crippen LogP contribution in [0, 0.1) is 13.8 Å². The zero-order valence-electron chi connectivity index (χ0n) is 16.7. The van der Waals surface area contributed by atoms with Crippen LogP contribution in [0.15, 0.2) is 52.2 Å². The fourth-order valence-corrected chi connectivity index (χ4v) is 3.91. The number of nitrogens with zero attached hydrogens (tertiary/aromatic N) is 3. The summed E-state index contributed by atoms with van der Waals surface area (Å²) in [7, 11) is 3.12. The number of aromatic nitrogens is 3. The Bertz CT molecular complexity index is 1410. The molecule has 6 nitrogen and oxygen atoms in total. The molecule has 2 heterocycles. The number of benzene rings is 2. The van der Waals surface area contributed by atoms with Crippen LogP contribution in [0.3, 0.4) is 0 Å². The highest BCUT2D eigenvalue weighted by molar-refractivity contribution is 6.33. The predicted molar refractivity (Wildman–Crippen MR) is 118 cm³/mol. The number of hydrogen-bond acceptors (Lipinski definition) is 3. The van der Waals surface area contributed by atoms with Gasteiger partial charge in [0.1, 0.15) is 0 Å². The van der Waals surface area contributed by atoms with Crippen molar-refractivity contribution in [3.05, 3.63) is 79.6 Å². The van der Waals surface area contributed by atoms with Crippen LogP contribution in [0.5, 0.6) is 0 Å². The highest BCUT2D eigenvalue weighted by Gasteiger charge is 2.22. The van der Waals surface area contributed by atoms with E-state index in [0.717, 1.165) is 21.4 Å². The number of rotatable bonds is 2. The number of nitrogens with two attached hydrogens (primary N) is 1. The van der Waals surface area contributed by atoms with Gasteiger partial charge in [-0.3, -0.25) is 13.9 Å². The molecule has 0 saturated carbocycles. The zero-order chi connectivity index (χ0) is 21.0. The van der Waals surface area contributed by atoms with Crippen LogP contribution < -0.4 is 17.0 Å². The number of hydrogen-bond donors (Lipinski definition) is 1. The highest BCUT2D eigenvalue weighted by Crippen LogP contribution is 2.36. The lowest BCUT2D eigenvalue weighted by Gasteiger charge is -2.15. The van der Waals surface area contributed by atoms with E-state index >= 15 is 0 Å². The molecule has 0 atom stereocenters. The number of aryl methyl sites for hydroxylation is 3. The first-order valence-electron chi connectivity index (χ1n) is 9.15. The SMILES string of the molecule is Cc1cc(N)c(-n2cc3c(c2-c2ccccc2Cl)c(=O)n(C)c(=O)n3C)cc1C. The third-order valence-electron chi connectivity index (χ3n) is 5.47. The summed E-state index contributed by atoms with van der Waals surface area (Å²) in [5.41, 5.74) is 10.9. The van der Waals surface area contributed by atoms with Crippen LogP contribution in [0.1, 0.15) is 11.1 Å². The van der Waals surface area contributed by atoms with Crippen LogP contribution in [0.25, 0.3) is 27.8 Å². The van der Waals surface area contributed by atoms with Gasteiger partial charge in [0.15, 0.2) is 0 Å². The maximum absolute atomic E-state index is 13.1. The minimum atomic E-state index is -0.390. The molecule has 4 rings (SSSR count). The van der Waals surface area contributed by atoms with E-state index in [-0.39, 0.29) is 5.56 Å². The summed E-state index contributed by atoms with van der Waals surface area (Å²) < 4.78 is 4.43. The number of nitrogen functional groups attached to an aromatic ring is 1. The first-order chi connectivity index (χ1) is 13.7. The molecule has 148 valence electrons. The van der Waals surface area contributed by atoms with Gasteiger partial charge in [0.25, 0.3) is 5.56 Å². The molecular weight excluding hydrogens is 388 g/mol. The molecule has 0 saturated heterocycles. The molecule has 7 heteroatoms. The molecule has 4 aromatic rings. The molecule has 0 aliphatic rings. The van der Waals surface area contributed by atoms with E-state index in [9.17, 15) is 9.59 Å². The van der Waals surface area contributed by atoms with E-state index in [1.807, 2.05) is 48.7 Å². The standard InChI is InChI=1S/C22H21ClN4O2/c1-12-9-16(24)17(10-13(12)2)27-11-18-19(21(28)26(4)22(29)25(18)3)20(27)14-7-5-6-8-15(14)23/h5-11H,24H2,1-4H3. The monoisotopic (exact) mass is 408 g/mol. The molecule has 0 aliphatic carbocycles. The lowest BCUT2D eigenvalue weighted by atomic mass is 10.1. The van der Waals surface area contributed by atoms with Crippen molar-refractivity contribution in [2.45, 2.75) is 13.8 Å². The molecule has 0 spiro atoms. The van der Waals surface area contributed by atoms with Gasteiger partial charge in [0.2, 0.25) is 0 Å². The Morgan fingerprint density at radius 3 is 2.31 bits per heavy atom. The van der Waals surface area contributed by atoms with Crippen molar-refractivity contribution >= 4 is 28.2 Å². The minimum absolute atomic E-state index is 0.376. The predicted octanol–water partition coefficient (Wildman–Crippen LogP) is 3.55. The number of fused-ring (bicyclic) bond motifs is 1. The van der Waals surface area contributed by atoms with E-state index in [1.54, 1.807) is 19.3 Å². The summed E-state index contributed by atoms with van der Waals surface area (Å²) in [5, 5.41) is 0.924. The first-order valence-corrected chi connectivity index (χ1v) is 9.53. The average Bonchev–Trinajstić information content (AvgIpc) is 3.08. The lowest BCUT2D eigenvalue weighted by Crippen LogP contribution is -2.36. The molecule has 2 aromatic heterocycles. The Labute approximate surface area is 172 Å². The van der Waals surface area contributed by atoms with Gasteiger partial charge in [0, 0.05) is 30.9 Å². The summed E-state index contributed by atoms with van der Waals surface area (Å²) >= 11 is 6.51. The first kappa shape index (κ1) is 19.1. The van der Waals surface area contributed by atoms with Crippen LogP contribution >= 0.6 is 11.6 Å². The van der Waals surface area contributed by atoms with Crippen molar-refractivity contribution in [3.8, 4) is 16.9 Å². The second kappa shape index (κ2) is 6.67. The Morgan fingerprint density at radius 2 is 1.62 bits per heavy atom. The van der Waals surface area contributed by atoms with Crippen LogP contribution in [-0.4, -0.2) is 13.7 Å². The van der Waals surface area contributed by atoms with Crippen molar-refractivity contribution in [2.75, 3.05) is 5.73 Å². The van der Waals surface area contributed by atoms with Gasteiger partial charge in [-0.15, -0.1) is 0 Å². The van der Waals surface area contributed by atoms with Crippen molar-refractivity contribution in [1.82, 2.24) is 13.7 Å². The molecule has 0 fully saturated rings. The third kappa shape index (κ3) is 2.79. The highest BCUT2D eigenvalue weighted by atomic mass is 35.5. The molecular formula is C22H21ClN4O2. The largest absolute Gasteiger partial charge is 0.397 e.